The van der Waals surface area contributed by atoms with Gasteiger partial charge in [-0.05, 0) is 180 Å². The average molecular weight is 995 g/mol. The van der Waals surface area contributed by atoms with Crippen molar-refractivity contribution in [1.82, 2.24) is 0 Å². The van der Waals surface area contributed by atoms with Crippen molar-refractivity contribution < 1.29 is 7.48 Å². The second kappa shape index (κ2) is 22.4. The molecule has 0 aliphatic rings. The molecule has 0 saturated heterocycles. The summed E-state index contributed by atoms with van der Waals surface area (Å²) < 4.78 is 23.2. The minimum atomic E-state index is 0.469. The number of rotatable bonds is 16. The van der Waals surface area contributed by atoms with Crippen LogP contribution in [-0.4, -0.2) is 0 Å². The maximum Gasteiger partial charge on any atom is 0.129 e. The normalized spacial score (nSPS) is 11.2. The van der Waals surface area contributed by atoms with E-state index < -0.39 is 0 Å². The molecule has 0 aliphatic carbocycles. The van der Waals surface area contributed by atoms with Gasteiger partial charge in [0.1, 0.15) is 11.5 Å². The Labute approximate surface area is 454 Å². The first-order valence-electron chi connectivity index (χ1n) is 26.8. The number of hydrogen-bond acceptors (Lipinski definition) is 5. The third-order valence-corrected chi connectivity index (χ3v) is 13.5. The predicted molar refractivity (Wildman–Crippen MR) is 323 cm³/mol. The topological polar surface area (TPSA) is 22.2 Å². The zero-order valence-corrected chi connectivity index (χ0v) is 42.2. The van der Waals surface area contributed by atoms with Crippen LogP contribution < -0.4 is 24.3 Å². The molecule has 0 saturated carbocycles. The standard InChI is InChI=1S/C72H54N4O/c1-7-20-59(21-8-1)73(60-22-9-2-10-23-60)65-42-34-55(35-43-65)57-38-46-67(47-39-57)75(63-28-15-5-16-29-63)69-50-52-71(53-51-69)77-72-33-19-32-70(54-72)76(64-30-17-6-18-31-64)68-48-40-58(41-49-68)56-36-44-66(45-37-56)74(61-24-11-3-12-25-61)62-26-13-4-14-27-62/h1-54H/i7T,11T. The van der Waals surface area contributed by atoms with Crippen molar-refractivity contribution in [2.24, 2.45) is 0 Å². The minimum Gasteiger partial charge on any atom is -0.457 e. The van der Waals surface area contributed by atoms with E-state index in [1.54, 1.807) is 12.1 Å². The molecule has 0 amide bonds. The molecular weight excluding hydrogens is 937 g/mol. The Kier molecular flexibility index (Phi) is 13.2. The van der Waals surface area contributed by atoms with Gasteiger partial charge in [-0.2, -0.15) is 0 Å². The van der Waals surface area contributed by atoms with Gasteiger partial charge in [-0.25, -0.2) is 0 Å². The van der Waals surface area contributed by atoms with E-state index in [4.69, 9.17) is 7.48 Å². The van der Waals surface area contributed by atoms with Crippen LogP contribution in [0.3, 0.4) is 0 Å². The Morgan fingerprint density at radius 2 is 0.442 bits per heavy atom. The summed E-state index contributed by atoms with van der Waals surface area (Å²) in [5.41, 5.74) is 16.5. The van der Waals surface area contributed by atoms with Crippen molar-refractivity contribution in [3.8, 4) is 33.8 Å². The highest BCUT2D eigenvalue weighted by molar-refractivity contribution is 5.83. The number of benzene rings is 12. The number of hydrogen-bond donors (Lipinski definition) is 0. The molecule has 0 aromatic heterocycles. The maximum atomic E-state index is 8.30. The van der Waals surface area contributed by atoms with Crippen molar-refractivity contribution in [3.63, 3.8) is 0 Å². The van der Waals surface area contributed by atoms with Crippen LogP contribution in [0.4, 0.5) is 68.2 Å². The van der Waals surface area contributed by atoms with E-state index in [1.807, 2.05) is 109 Å². The summed E-state index contributed by atoms with van der Waals surface area (Å²) in [6.45, 7) is 0. The number of para-hydroxylation sites is 6. The van der Waals surface area contributed by atoms with Crippen molar-refractivity contribution in [1.29, 1.82) is 0 Å². The Hall–Kier alpha value is -10.4. The molecule has 12 aromatic carbocycles. The van der Waals surface area contributed by atoms with Gasteiger partial charge in [-0.15, -0.1) is 0 Å². The van der Waals surface area contributed by atoms with Crippen LogP contribution >= 0.6 is 0 Å². The van der Waals surface area contributed by atoms with Crippen molar-refractivity contribution in [2.45, 2.75) is 0 Å². The van der Waals surface area contributed by atoms with Gasteiger partial charge in [0.15, 0.2) is 0 Å². The molecule has 0 atom stereocenters. The van der Waals surface area contributed by atoms with Gasteiger partial charge >= 0.3 is 0 Å². The molecule has 0 N–H and O–H groups in total. The van der Waals surface area contributed by atoms with Gasteiger partial charge in [0, 0.05) is 74.3 Å². The van der Waals surface area contributed by atoms with Gasteiger partial charge in [0.05, 0.1) is 2.74 Å². The van der Waals surface area contributed by atoms with Gasteiger partial charge in [-0.1, -0.05) is 164 Å². The van der Waals surface area contributed by atoms with Crippen molar-refractivity contribution in [3.05, 3.63) is 328 Å². The van der Waals surface area contributed by atoms with Crippen LogP contribution in [0.2, 0.25) is 0 Å². The van der Waals surface area contributed by atoms with E-state index in [0.29, 0.717) is 12.1 Å². The molecule has 77 heavy (non-hydrogen) atoms. The smallest absolute Gasteiger partial charge is 0.129 e. The molecule has 0 radical (unpaired) electrons. The summed E-state index contributed by atoms with van der Waals surface area (Å²) >= 11 is 0. The van der Waals surface area contributed by atoms with Crippen molar-refractivity contribution >= 4 is 68.2 Å². The molecular formula is C72H54N4O. The third-order valence-electron chi connectivity index (χ3n) is 13.5. The number of ether oxygens (including phenoxy) is 1. The number of anilines is 12. The highest BCUT2D eigenvalue weighted by Gasteiger charge is 2.18. The van der Waals surface area contributed by atoms with Crippen LogP contribution in [0.15, 0.2) is 328 Å². The van der Waals surface area contributed by atoms with Crippen LogP contribution in [0.5, 0.6) is 11.5 Å². The zero-order valence-electron chi connectivity index (χ0n) is 44.2. The fourth-order valence-electron chi connectivity index (χ4n) is 9.84. The van der Waals surface area contributed by atoms with E-state index in [0.717, 1.165) is 102 Å². The van der Waals surface area contributed by atoms with Gasteiger partial charge < -0.3 is 24.3 Å². The predicted octanol–water partition coefficient (Wildman–Crippen LogP) is 20.7. The van der Waals surface area contributed by atoms with Gasteiger partial charge in [0.25, 0.3) is 0 Å². The quantitative estimate of drug-likeness (QED) is 0.0959. The summed E-state index contributed by atoms with van der Waals surface area (Å²) in [5.74, 6) is 1.45. The summed E-state index contributed by atoms with van der Waals surface area (Å²) in [4.78, 5) is 8.87. The second-order valence-electron chi connectivity index (χ2n) is 18.5. The summed E-state index contributed by atoms with van der Waals surface area (Å²) in [5, 5.41) is 0. The van der Waals surface area contributed by atoms with E-state index in [1.165, 1.54) is 0 Å². The Bertz CT molecular complexity index is 3920. The van der Waals surface area contributed by atoms with Crippen LogP contribution in [0.1, 0.15) is 2.74 Å². The summed E-state index contributed by atoms with van der Waals surface area (Å²) in [7, 11) is 0. The largest absolute Gasteiger partial charge is 0.457 e. The Morgan fingerprint density at radius 1 is 0.195 bits per heavy atom. The summed E-state index contributed by atoms with van der Waals surface area (Å²) in [6.07, 6.45) is 0. The monoisotopic (exact) mass is 994 g/mol. The average Bonchev–Trinajstić information content (AvgIpc) is 3.52. The molecule has 5 heteroatoms. The highest BCUT2D eigenvalue weighted by Crippen LogP contribution is 2.42. The van der Waals surface area contributed by atoms with Crippen LogP contribution in [-0.2, 0) is 0 Å². The minimum absolute atomic E-state index is 0.469. The first-order valence-corrected chi connectivity index (χ1v) is 25.8. The molecule has 5 nitrogen and oxygen atoms in total. The molecule has 0 heterocycles. The lowest BCUT2D eigenvalue weighted by Crippen LogP contribution is -2.10. The molecule has 0 spiro atoms. The molecule has 0 aliphatic heterocycles. The fourth-order valence-corrected chi connectivity index (χ4v) is 9.84. The lowest BCUT2D eigenvalue weighted by Gasteiger charge is -2.26. The fraction of sp³-hybridized carbons (Fsp3) is 0. The summed E-state index contributed by atoms with van der Waals surface area (Å²) in [6, 6.07) is 109. The Balaban J connectivity index is 0.769. The molecule has 0 unspecified atom stereocenters. The van der Waals surface area contributed by atoms with Crippen molar-refractivity contribution in [2.75, 3.05) is 19.6 Å². The Morgan fingerprint density at radius 3 is 0.753 bits per heavy atom. The molecule has 0 fully saturated rings. The SMILES string of the molecule is [3H]c1cccc(N(c2ccccc2)c2ccc(-c3ccc(N(c4ccccc4)c4ccc(Oc5cccc(N(c6ccccc6)c6ccc(-c7ccc(N(c8ccccc8)c8cccc([3H])c8)cc7)cc6)c5)cc4)cc3)cc2)c1. The van der Waals surface area contributed by atoms with Gasteiger partial charge in [0.2, 0.25) is 0 Å². The lowest BCUT2D eigenvalue weighted by atomic mass is 10.0. The van der Waals surface area contributed by atoms with E-state index in [-0.39, 0.29) is 0 Å². The lowest BCUT2D eigenvalue weighted by molar-refractivity contribution is 0.483. The highest BCUT2D eigenvalue weighted by atomic mass is 16.5. The zero-order chi connectivity index (χ0) is 53.3. The molecule has 12 aromatic rings. The number of nitrogens with zero attached hydrogens (tertiary/aromatic N) is 4. The van der Waals surface area contributed by atoms with Crippen LogP contribution in [0, 0.1) is 0 Å². The molecule has 12 rings (SSSR count). The van der Waals surface area contributed by atoms with E-state index in [2.05, 4.69) is 214 Å². The van der Waals surface area contributed by atoms with Gasteiger partial charge in [-0.3, -0.25) is 0 Å². The van der Waals surface area contributed by atoms with E-state index in [9.17, 15) is 0 Å². The van der Waals surface area contributed by atoms with Crippen LogP contribution in [0.25, 0.3) is 22.3 Å². The third kappa shape index (κ3) is 10.7. The van der Waals surface area contributed by atoms with E-state index >= 15 is 0 Å². The second-order valence-corrected chi connectivity index (χ2v) is 18.5. The molecule has 368 valence electrons. The maximum absolute atomic E-state index is 8.30. The molecule has 0 bridgehead atoms. The first kappa shape index (κ1) is 45.3. The first-order chi connectivity index (χ1) is 39.0.